The lowest BCUT2D eigenvalue weighted by Crippen LogP contribution is -2.55. The third-order valence-electron chi connectivity index (χ3n) is 5.41. The SMILES string of the molecule is COC(=O)C1(Nc2ccccc2)CCN(CCc2cccc(C(F)(F)F)c2)CC1. The van der Waals surface area contributed by atoms with Gasteiger partial charge in [-0.2, -0.15) is 13.2 Å². The van der Waals surface area contributed by atoms with Crippen molar-refractivity contribution in [2.45, 2.75) is 31.0 Å². The molecule has 4 nitrogen and oxygen atoms in total. The van der Waals surface area contributed by atoms with Crippen LogP contribution in [0.25, 0.3) is 0 Å². The molecule has 0 amide bonds. The number of carbonyl (C=O) groups excluding carboxylic acids is 1. The summed E-state index contributed by atoms with van der Waals surface area (Å²) in [7, 11) is 1.39. The molecule has 0 saturated carbocycles. The third kappa shape index (κ3) is 5.29. The minimum atomic E-state index is -4.33. The Labute approximate surface area is 168 Å². The number of nitrogens with one attached hydrogen (secondary N) is 1. The lowest BCUT2D eigenvalue weighted by Gasteiger charge is -2.40. The molecule has 7 heteroatoms. The van der Waals surface area contributed by atoms with Crippen molar-refractivity contribution in [3.8, 4) is 0 Å². The lowest BCUT2D eigenvalue weighted by atomic mass is 9.86. The van der Waals surface area contributed by atoms with Gasteiger partial charge < -0.3 is 15.0 Å². The molecule has 29 heavy (non-hydrogen) atoms. The van der Waals surface area contributed by atoms with E-state index in [0.717, 1.165) is 11.8 Å². The van der Waals surface area contributed by atoms with Crippen LogP contribution in [0.5, 0.6) is 0 Å². The molecule has 0 atom stereocenters. The first-order valence-corrected chi connectivity index (χ1v) is 9.62. The van der Waals surface area contributed by atoms with Crippen LogP contribution in [0, 0.1) is 0 Å². The number of benzene rings is 2. The van der Waals surface area contributed by atoms with E-state index in [-0.39, 0.29) is 5.97 Å². The topological polar surface area (TPSA) is 41.6 Å². The van der Waals surface area contributed by atoms with Crippen molar-refractivity contribution in [2.24, 2.45) is 0 Å². The van der Waals surface area contributed by atoms with E-state index in [2.05, 4.69) is 10.2 Å². The molecule has 1 fully saturated rings. The Morgan fingerprint density at radius 1 is 1.10 bits per heavy atom. The number of para-hydroxylation sites is 1. The Hall–Kier alpha value is -2.54. The number of hydrogen-bond donors (Lipinski definition) is 1. The summed E-state index contributed by atoms with van der Waals surface area (Å²) in [5, 5.41) is 3.34. The van der Waals surface area contributed by atoms with Crippen LogP contribution in [0.1, 0.15) is 24.0 Å². The maximum Gasteiger partial charge on any atom is 0.416 e. The molecule has 2 aromatic carbocycles. The summed E-state index contributed by atoms with van der Waals surface area (Å²) >= 11 is 0. The van der Waals surface area contributed by atoms with Crippen LogP contribution in [-0.2, 0) is 22.1 Å². The zero-order valence-electron chi connectivity index (χ0n) is 16.3. The Morgan fingerprint density at radius 2 is 1.79 bits per heavy atom. The van der Waals surface area contributed by atoms with Gasteiger partial charge in [0.25, 0.3) is 0 Å². The largest absolute Gasteiger partial charge is 0.467 e. The predicted molar refractivity (Wildman–Crippen MR) is 106 cm³/mol. The first-order valence-electron chi connectivity index (χ1n) is 9.62. The number of esters is 1. The van der Waals surface area contributed by atoms with E-state index in [1.807, 2.05) is 30.3 Å². The van der Waals surface area contributed by atoms with Gasteiger partial charge in [0.1, 0.15) is 5.54 Å². The molecule has 1 aliphatic rings. The number of halogens is 3. The van der Waals surface area contributed by atoms with E-state index in [9.17, 15) is 18.0 Å². The number of alkyl halides is 3. The number of carbonyl (C=O) groups is 1. The van der Waals surface area contributed by atoms with Crippen LogP contribution in [0.3, 0.4) is 0 Å². The Balaban J connectivity index is 1.60. The minimum Gasteiger partial charge on any atom is -0.467 e. The molecule has 156 valence electrons. The highest BCUT2D eigenvalue weighted by atomic mass is 19.4. The van der Waals surface area contributed by atoms with Gasteiger partial charge in [0.15, 0.2) is 0 Å². The van der Waals surface area contributed by atoms with Crippen molar-refractivity contribution in [3.05, 3.63) is 65.7 Å². The minimum absolute atomic E-state index is 0.293. The highest BCUT2D eigenvalue weighted by Gasteiger charge is 2.42. The molecule has 1 aliphatic heterocycles. The van der Waals surface area contributed by atoms with Gasteiger partial charge in [-0.15, -0.1) is 0 Å². The standard InChI is InChI=1S/C22H25F3N2O2/c1-29-20(28)21(26-19-8-3-2-4-9-19)11-14-27(15-12-21)13-10-17-6-5-7-18(16-17)22(23,24)25/h2-9,16,26H,10-15H2,1H3. The van der Waals surface area contributed by atoms with Crippen molar-refractivity contribution < 1.29 is 22.7 Å². The zero-order valence-corrected chi connectivity index (χ0v) is 16.3. The number of hydrogen-bond acceptors (Lipinski definition) is 4. The maximum atomic E-state index is 12.9. The Bertz CT molecular complexity index is 816. The normalized spacial score (nSPS) is 17.0. The predicted octanol–water partition coefficient (Wildman–Crippen LogP) is 4.37. The molecule has 1 heterocycles. The van der Waals surface area contributed by atoms with Gasteiger partial charge in [-0.25, -0.2) is 4.79 Å². The molecule has 0 unspecified atom stereocenters. The molecule has 2 aromatic rings. The van der Waals surface area contributed by atoms with Crippen molar-refractivity contribution in [2.75, 3.05) is 32.1 Å². The summed E-state index contributed by atoms with van der Waals surface area (Å²) in [4.78, 5) is 14.7. The van der Waals surface area contributed by atoms with Gasteiger partial charge in [-0.05, 0) is 43.0 Å². The molecule has 0 spiro atoms. The van der Waals surface area contributed by atoms with Crippen molar-refractivity contribution in [1.29, 1.82) is 0 Å². The molecule has 1 N–H and O–H groups in total. The second-order valence-corrected chi connectivity index (χ2v) is 7.35. The van der Waals surface area contributed by atoms with E-state index in [4.69, 9.17) is 4.74 Å². The van der Waals surface area contributed by atoms with Crippen molar-refractivity contribution in [3.63, 3.8) is 0 Å². The highest BCUT2D eigenvalue weighted by Crippen LogP contribution is 2.31. The molecule has 0 aromatic heterocycles. The van der Waals surface area contributed by atoms with E-state index >= 15 is 0 Å². The highest BCUT2D eigenvalue weighted by molar-refractivity contribution is 5.84. The van der Waals surface area contributed by atoms with Gasteiger partial charge >= 0.3 is 12.1 Å². The number of rotatable bonds is 6. The second kappa shape index (κ2) is 8.86. The Morgan fingerprint density at radius 3 is 2.41 bits per heavy atom. The molecule has 0 radical (unpaired) electrons. The van der Waals surface area contributed by atoms with Crippen LogP contribution in [0.15, 0.2) is 54.6 Å². The number of anilines is 1. The molecular weight excluding hydrogens is 381 g/mol. The quantitative estimate of drug-likeness (QED) is 0.724. The van der Waals surface area contributed by atoms with Crippen LogP contribution < -0.4 is 5.32 Å². The first kappa shape index (κ1) is 21.2. The van der Waals surface area contributed by atoms with Crippen molar-refractivity contribution in [1.82, 2.24) is 4.90 Å². The van der Waals surface area contributed by atoms with Crippen LogP contribution in [-0.4, -0.2) is 43.2 Å². The van der Waals surface area contributed by atoms with Gasteiger partial charge in [-0.3, -0.25) is 0 Å². The summed E-state index contributed by atoms with van der Waals surface area (Å²) in [5.74, 6) is -0.293. The van der Waals surface area contributed by atoms with Crippen LogP contribution >= 0.6 is 0 Å². The van der Waals surface area contributed by atoms with E-state index in [1.165, 1.54) is 19.2 Å². The number of ether oxygens (including phenoxy) is 1. The fourth-order valence-corrected chi connectivity index (χ4v) is 3.72. The van der Waals surface area contributed by atoms with Gasteiger partial charge in [0.2, 0.25) is 0 Å². The smallest absolute Gasteiger partial charge is 0.416 e. The second-order valence-electron chi connectivity index (χ2n) is 7.35. The first-order chi connectivity index (χ1) is 13.8. The monoisotopic (exact) mass is 406 g/mol. The van der Waals surface area contributed by atoms with Crippen LogP contribution in [0.4, 0.5) is 18.9 Å². The average Bonchev–Trinajstić information content (AvgIpc) is 2.73. The van der Waals surface area contributed by atoms with Gasteiger partial charge in [0.05, 0.1) is 12.7 Å². The molecule has 0 aliphatic carbocycles. The zero-order chi connectivity index (χ0) is 20.9. The molecule has 0 bridgehead atoms. The summed E-state index contributed by atoms with van der Waals surface area (Å²) in [6, 6.07) is 15.0. The number of nitrogens with zero attached hydrogens (tertiary/aromatic N) is 1. The average molecular weight is 406 g/mol. The van der Waals surface area contributed by atoms with Gasteiger partial charge in [-0.1, -0.05) is 36.4 Å². The summed E-state index contributed by atoms with van der Waals surface area (Å²) in [6.45, 7) is 1.96. The summed E-state index contributed by atoms with van der Waals surface area (Å²) in [5.41, 5.74) is 0.107. The number of methoxy groups -OCH3 is 1. The summed E-state index contributed by atoms with van der Waals surface area (Å²) in [6.07, 6.45) is -2.67. The van der Waals surface area contributed by atoms with Crippen molar-refractivity contribution >= 4 is 11.7 Å². The Kier molecular flexibility index (Phi) is 6.47. The molecular formula is C22H25F3N2O2. The van der Waals surface area contributed by atoms with E-state index in [0.29, 0.717) is 44.5 Å². The van der Waals surface area contributed by atoms with E-state index < -0.39 is 17.3 Å². The van der Waals surface area contributed by atoms with E-state index in [1.54, 1.807) is 6.07 Å². The third-order valence-corrected chi connectivity index (χ3v) is 5.41. The number of piperidine rings is 1. The van der Waals surface area contributed by atoms with Crippen LogP contribution in [0.2, 0.25) is 0 Å². The molecule has 1 saturated heterocycles. The summed E-state index contributed by atoms with van der Waals surface area (Å²) < 4.78 is 43.7. The fraction of sp³-hybridized carbons (Fsp3) is 0.409. The molecule has 3 rings (SSSR count). The van der Waals surface area contributed by atoms with Gasteiger partial charge in [0, 0.05) is 25.3 Å². The number of likely N-dealkylation sites (tertiary alicyclic amines) is 1. The maximum absolute atomic E-state index is 12.9. The lowest BCUT2D eigenvalue weighted by molar-refractivity contribution is -0.147. The fourth-order valence-electron chi connectivity index (χ4n) is 3.72.